The molecule has 20 heavy (non-hydrogen) atoms. The number of hydrogen-bond donors (Lipinski definition) is 3. The third-order valence-corrected chi connectivity index (χ3v) is 4.30. The van der Waals surface area contributed by atoms with Crippen LogP contribution in [0.15, 0.2) is 12.5 Å². The molecule has 1 amide bonds. The first kappa shape index (κ1) is 14.6. The van der Waals surface area contributed by atoms with Crippen molar-refractivity contribution in [2.24, 2.45) is 5.41 Å². The lowest BCUT2D eigenvalue weighted by Crippen LogP contribution is -2.48. The van der Waals surface area contributed by atoms with E-state index in [1.165, 1.54) is 6.33 Å². The highest BCUT2D eigenvalue weighted by atomic mass is 16.4. The summed E-state index contributed by atoms with van der Waals surface area (Å²) in [5, 5.41) is 12.0. The molecule has 6 nitrogen and oxygen atoms in total. The Balaban J connectivity index is 2.04. The number of nitrogens with one attached hydrogen (secondary N) is 2. The summed E-state index contributed by atoms with van der Waals surface area (Å²) >= 11 is 0. The topological polar surface area (TPSA) is 95.1 Å². The summed E-state index contributed by atoms with van der Waals surface area (Å²) in [5.41, 5.74) is 0.330. The van der Waals surface area contributed by atoms with Gasteiger partial charge in [0.2, 0.25) is 5.91 Å². The van der Waals surface area contributed by atoms with Crippen LogP contribution in [0.1, 0.15) is 44.7 Å². The first-order chi connectivity index (χ1) is 9.57. The van der Waals surface area contributed by atoms with Gasteiger partial charge in [-0.05, 0) is 19.3 Å². The SMILES string of the molecule is CCC1(C(=O)N[C@@H](Cc2cnc[nH]2)C(=O)O)CCCC1. The summed E-state index contributed by atoms with van der Waals surface area (Å²) < 4.78 is 0. The average molecular weight is 279 g/mol. The molecule has 2 rings (SSSR count). The Hall–Kier alpha value is -1.85. The zero-order valence-corrected chi connectivity index (χ0v) is 11.7. The fourth-order valence-corrected chi connectivity index (χ4v) is 2.92. The summed E-state index contributed by atoms with van der Waals surface area (Å²) in [6, 6.07) is -0.910. The molecule has 0 unspecified atom stereocenters. The minimum atomic E-state index is -1.02. The van der Waals surface area contributed by atoms with Crippen LogP contribution in [0, 0.1) is 5.41 Å². The molecule has 0 aliphatic heterocycles. The first-order valence-electron chi connectivity index (χ1n) is 7.08. The second-order valence-electron chi connectivity index (χ2n) is 5.49. The van der Waals surface area contributed by atoms with Crippen molar-refractivity contribution in [1.29, 1.82) is 0 Å². The predicted octanol–water partition coefficient (Wildman–Crippen LogP) is 1.49. The van der Waals surface area contributed by atoms with Crippen molar-refractivity contribution in [3.63, 3.8) is 0 Å². The molecule has 0 bridgehead atoms. The molecule has 1 saturated carbocycles. The Labute approximate surface area is 118 Å². The summed E-state index contributed by atoms with van der Waals surface area (Å²) in [5.74, 6) is -1.14. The van der Waals surface area contributed by atoms with Gasteiger partial charge in [0.1, 0.15) is 6.04 Å². The molecule has 110 valence electrons. The molecule has 0 aromatic carbocycles. The number of carboxylic acid groups (broad SMARTS) is 1. The molecule has 1 atom stereocenters. The number of aromatic amines is 1. The van der Waals surface area contributed by atoms with Gasteiger partial charge in [-0.1, -0.05) is 19.8 Å². The van der Waals surface area contributed by atoms with Crippen molar-refractivity contribution in [3.8, 4) is 0 Å². The average Bonchev–Trinajstić information content (AvgIpc) is 3.09. The van der Waals surface area contributed by atoms with Crippen LogP contribution in [0.5, 0.6) is 0 Å². The standard InChI is InChI=1S/C14H21N3O3/c1-2-14(5-3-4-6-14)13(20)17-11(12(18)19)7-10-8-15-9-16-10/h8-9,11H,2-7H2,1H3,(H,15,16)(H,17,20)(H,18,19)/t11-/m0/s1. The Bertz CT molecular complexity index is 464. The van der Waals surface area contributed by atoms with Gasteiger partial charge in [0.15, 0.2) is 0 Å². The number of carbonyl (C=O) groups excluding carboxylic acids is 1. The Morgan fingerprint density at radius 2 is 2.20 bits per heavy atom. The van der Waals surface area contributed by atoms with Gasteiger partial charge in [-0.25, -0.2) is 9.78 Å². The molecule has 1 aromatic heterocycles. The van der Waals surface area contributed by atoms with Gasteiger partial charge >= 0.3 is 5.97 Å². The molecular formula is C14H21N3O3. The maximum Gasteiger partial charge on any atom is 0.326 e. The van der Waals surface area contributed by atoms with E-state index < -0.39 is 12.0 Å². The Morgan fingerprint density at radius 1 is 1.50 bits per heavy atom. The van der Waals surface area contributed by atoms with Gasteiger partial charge in [0.05, 0.1) is 6.33 Å². The Morgan fingerprint density at radius 3 is 2.70 bits per heavy atom. The summed E-state index contributed by atoms with van der Waals surface area (Å²) in [6.07, 6.45) is 7.85. The number of H-pyrrole nitrogens is 1. The lowest BCUT2D eigenvalue weighted by molar-refractivity contribution is -0.144. The van der Waals surface area contributed by atoms with Gasteiger partial charge in [-0.15, -0.1) is 0 Å². The van der Waals surface area contributed by atoms with E-state index in [0.29, 0.717) is 5.69 Å². The van der Waals surface area contributed by atoms with Crippen LogP contribution >= 0.6 is 0 Å². The second kappa shape index (κ2) is 6.07. The molecule has 1 aliphatic carbocycles. The lowest BCUT2D eigenvalue weighted by Gasteiger charge is -2.28. The first-order valence-corrected chi connectivity index (χ1v) is 7.08. The number of aliphatic carboxylic acids is 1. The molecule has 3 N–H and O–H groups in total. The third-order valence-electron chi connectivity index (χ3n) is 4.30. The van der Waals surface area contributed by atoms with Crippen molar-refractivity contribution in [3.05, 3.63) is 18.2 Å². The highest BCUT2D eigenvalue weighted by molar-refractivity contribution is 5.87. The normalized spacial score (nSPS) is 18.6. The molecule has 1 aliphatic rings. The molecule has 0 radical (unpaired) electrons. The van der Waals surface area contributed by atoms with E-state index in [4.69, 9.17) is 0 Å². The van der Waals surface area contributed by atoms with Crippen molar-refractivity contribution in [2.45, 2.75) is 51.5 Å². The zero-order chi connectivity index (χ0) is 14.6. The maximum absolute atomic E-state index is 12.4. The molecule has 6 heteroatoms. The number of nitrogens with zero attached hydrogens (tertiary/aromatic N) is 1. The van der Waals surface area contributed by atoms with Crippen molar-refractivity contribution >= 4 is 11.9 Å². The van der Waals surface area contributed by atoms with E-state index in [1.807, 2.05) is 6.92 Å². The van der Waals surface area contributed by atoms with Gasteiger partial charge < -0.3 is 15.4 Å². The van der Waals surface area contributed by atoms with E-state index in [1.54, 1.807) is 6.20 Å². The monoisotopic (exact) mass is 279 g/mol. The Kier molecular flexibility index (Phi) is 4.42. The number of hydrogen-bond acceptors (Lipinski definition) is 3. The zero-order valence-electron chi connectivity index (χ0n) is 11.7. The van der Waals surface area contributed by atoms with Crippen molar-refractivity contribution in [2.75, 3.05) is 0 Å². The number of imidazole rings is 1. The molecule has 1 aromatic rings. The van der Waals surface area contributed by atoms with Crippen LogP contribution in [0.3, 0.4) is 0 Å². The number of rotatable bonds is 6. The highest BCUT2D eigenvalue weighted by Gasteiger charge is 2.40. The summed E-state index contributed by atoms with van der Waals surface area (Å²) in [6.45, 7) is 2.00. The quantitative estimate of drug-likeness (QED) is 0.735. The molecular weight excluding hydrogens is 258 g/mol. The van der Waals surface area contributed by atoms with Gasteiger partial charge in [-0.3, -0.25) is 4.79 Å². The third kappa shape index (κ3) is 3.00. The van der Waals surface area contributed by atoms with E-state index in [9.17, 15) is 14.7 Å². The molecule has 1 heterocycles. The number of amides is 1. The van der Waals surface area contributed by atoms with E-state index >= 15 is 0 Å². The smallest absolute Gasteiger partial charge is 0.326 e. The van der Waals surface area contributed by atoms with Crippen molar-refractivity contribution < 1.29 is 14.7 Å². The van der Waals surface area contributed by atoms with Gasteiger partial charge in [0, 0.05) is 23.7 Å². The van der Waals surface area contributed by atoms with E-state index in [2.05, 4.69) is 15.3 Å². The number of carboxylic acids is 1. The van der Waals surface area contributed by atoms with E-state index in [-0.39, 0.29) is 17.7 Å². The van der Waals surface area contributed by atoms with Crippen LogP contribution in [0.25, 0.3) is 0 Å². The largest absolute Gasteiger partial charge is 0.480 e. The molecule has 0 saturated heterocycles. The van der Waals surface area contributed by atoms with Crippen LogP contribution < -0.4 is 5.32 Å². The van der Waals surface area contributed by atoms with Crippen LogP contribution in [-0.4, -0.2) is 33.0 Å². The predicted molar refractivity (Wildman–Crippen MR) is 73.1 cm³/mol. The fourth-order valence-electron chi connectivity index (χ4n) is 2.92. The summed E-state index contributed by atoms with van der Waals surface area (Å²) in [7, 11) is 0. The minimum Gasteiger partial charge on any atom is -0.480 e. The number of carbonyl (C=O) groups is 2. The lowest BCUT2D eigenvalue weighted by atomic mass is 9.82. The van der Waals surface area contributed by atoms with E-state index in [0.717, 1.165) is 32.1 Å². The maximum atomic E-state index is 12.4. The minimum absolute atomic E-state index is 0.121. The fraction of sp³-hybridized carbons (Fsp3) is 0.643. The van der Waals surface area contributed by atoms with Crippen LogP contribution in [0.2, 0.25) is 0 Å². The summed E-state index contributed by atoms with van der Waals surface area (Å²) in [4.78, 5) is 30.5. The van der Waals surface area contributed by atoms with Crippen LogP contribution in [-0.2, 0) is 16.0 Å². The van der Waals surface area contributed by atoms with Gasteiger partial charge in [0.25, 0.3) is 0 Å². The molecule has 1 fully saturated rings. The highest BCUT2D eigenvalue weighted by Crippen LogP contribution is 2.41. The number of aromatic nitrogens is 2. The van der Waals surface area contributed by atoms with Crippen LogP contribution in [0.4, 0.5) is 0 Å². The van der Waals surface area contributed by atoms with Crippen molar-refractivity contribution in [1.82, 2.24) is 15.3 Å². The van der Waals surface area contributed by atoms with Gasteiger partial charge in [-0.2, -0.15) is 0 Å². The second-order valence-corrected chi connectivity index (χ2v) is 5.49. The molecule has 0 spiro atoms.